The molecule has 2 spiro atoms. The number of hydrogen-bond donors (Lipinski definition) is 0. The maximum Gasteiger partial charge on any atom is 0.334 e. The van der Waals surface area contributed by atoms with Crippen LogP contribution in [0.4, 0.5) is 0 Å². The Kier molecular flexibility index (Phi) is 2.05. The van der Waals surface area contributed by atoms with Gasteiger partial charge in [0, 0.05) is 23.3 Å². The van der Waals surface area contributed by atoms with Crippen LogP contribution in [0.15, 0.2) is 36.0 Å². The van der Waals surface area contributed by atoms with Gasteiger partial charge in [0.1, 0.15) is 12.4 Å². The van der Waals surface area contributed by atoms with E-state index < -0.39 is 0 Å². The van der Waals surface area contributed by atoms with Crippen molar-refractivity contribution in [1.82, 2.24) is 0 Å². The highest BCUT2D eigenvalue weighted by Gasteiger charge is 2.61. The number of ketones is 1. The molecular weight excluding hydrogens is 240 g/mol. The third-order valence-electron chi connectivity index (χ3n) is 5.31. The van der Waals surface area contributed by atoms with E-state index in [9.17, 15) is 9.59 Å². The Hall–Kier alpha value is -1.64. The number of cyclic esters (lactones) is 1. The Labute approximate surface area is 112 Å². The van der Waals surface area contributed by atoms with Gasteiger partial charge in [-0.1, -0.05) is 30.4 Å². The van der Waals surface area contributed by atoms with Gasteiger partial charge in [-0.05, 0) is 19.3 Å². The van der Waals surface area contributed by atoms with E-state index in [1.165, 1.54) is 0 Å². The summed E-state index contributed by atoms with van der Waals surface area (Å²) in [5, 5.41) is 0. The van der Waals surface area contributed by atoms with E-state index in [4.69, 9.17) is 4.74 Å². The first kappa shape index (κ1) is 11.2. The number of rotatable bonds is 0. The molecule has 2 atom stereocenters. The van der Waals surface area contributed by atoms with Crippen LogP contribution in [0, 0.1) is 16.7 Å². The van der Waals surface area contributed by atoms with Crippen molar-refractivity contribution in [3.63, 3.8) is 0 Å². The van der Waals surface area contributed by atoms with Crippen molar-refractivity contribution < 1.29 is 14.3 Å². The van der Waals surface area contributed by atoms with Crippen LogP contribution in [0.1, 0.15) is 25.7 Å². The van der Waals surface area contributed by atoms with E-state index >= 15 is 0 Å². The molecule has 1 heterocycles. The van der Waals surface area contributed by atoms with Crippen LogP contribution in [-0.2, 0) is 14.3 Å². The fraction of sp³-hybridized carbons (Fsp3) is 0.500. The topological polar surface area (TPSA) is 43.4 Å². The molecule has 4 aliphatic carbocycles. The van der Waals surface area contributed by atoms with Crippen LogP contribution >= 0.6 is 0 Å². The highest BCUT2D eigenvalue weighted by atomic mass is 16.5. The second-order valence-corrected chi connectivity index (χ2v) is 6.11. The molecule has 5 rings (SSSR count). The minimum atomic E-state index is -0.346. The molecule has 1 aliphatic heterocycles. The highest BCUT2D eigenvalue weighted by Crippen LogP contribution is 2.62. The van der Waals surface area contributed by atoms with Crippen molar-refractivity contribution in [2.75, 3.05) is 6.61 Å². The number of allylic oxidation sites excluding steroid dienone is 3. The molecule has 1 saturated heterocycles. The number of Topliss-reactive ketones (excluding diaryl/α,β-unsaturated/α-hetero) is 1. The summed E-state index contributed by atoms with van der Waals surface area (Å²) in [6.07, 6.45) is 13.6. The molecule has 2 bridgehead atoms. The molecule has 0 aromatic rings. The average molecular weight is 256 g/mol. The SMILES string of the molecule is O=C1OCC2(C=CCC=C2)C23CCC(C=C12)C(=O)C3. The van der Waals surface area contributed by atoms with Crippen LogP contribution in [0.3, 0.4) is 0 Å². The zero-order valence-corrected chi connectivity index (χ0v) is 10.7. The molecule has 1 saturated carbocycles. The Morgan fingerprint density at radius 2 is 2.00 bits per heavy atom. The third kappa shape index (κ3) is 1.23. The predicted octanol–water partition coefficient (Wildman–Crippen LogP) is 2.34. The van der Waals surface area contributed by atoms with E-state index in [1.54, 1.807) is 0 Å². The number of esters is 1. The largest absolute Gasteiger partial charge is 0.461 e. The van der Waals surface area contributed by atoms with Gasteiger partial charge in [0.2, 0.25) is 0 Å². The molecule has 2 fully saturated rings. The minimum Gasteiger partial charge on any atom is -0.461 e. The second-order valence-electron chi connectivity index (χ2n) is 6.11. The van der Waals surface area contributed by atoms with E-state index in [0.717, 1.165) is 24.8 Å². The van der Waals surface area contributed by atoms with Crippen LogP contribution in [-0.4, -0.2) is 18.4 Å². The predicted molar refractivity (Wildman–Crippen MR) is 69.2 cm³/mol. The van der Waals surface area contributed by atoms with Crippen LogP contribution in [0.2, 0.25) is 0 Å². The summed E-state index contributed by atoms with van der Waals surface area (Å²) in [5.41, 5.74) is 0.110. The minimum absolute atomic E-state index is 0.0591. The standard InChI is InChI=1S/C16H16O3/c17-13-9-16-7-4-11(13)8-12(16)14(18)19-10-15(16)5-2-1-3-6-15/h2-3,5-6,8,11H,1,4,7,9-10H2. The van der Waals surface area contributed by atoms with Gasteiger partial charge < -0.3 is 4.74 Å². The summed E-state index contributed by atoms with van der Waals surface area (Å²) in [6, 6.07) is 0. The zero-order valence-electron chi connectivity index (χ0n) is 10.7. The number of ether oxygens (including phenoxy) is 1. The van der Waals surface area contributed by atoms with Gasteiger partial charge >= 0.3 is 5.97 Å². The lowest BCUT2D eigenvalue weighted by Crippen LogP contribution is -2.57. The number of fused-ring (bicyclic) bond motifs is 2. The fourth-order valence-electron chi connectivity index (χ4n) is 4.27. The summed E-state index contributed by atoms with van der Waals surface area (Å²) in [7, 11) is 0. The summed E-state index contributed by atoms with van der Waals surface area (Å²) < 4.78 is 5.40. The number of carbonyl (C=O) groups excluding carboxylic acids is 2. The smallest absolute Gasteiger partial charge is 0.334 e. The first-order valence-corrected chi connectivity index (χ1v) is 6.94. The van der Waals surface area contributed by atoms with Gasteiger partial charge in [-0.2, -0.15) is 0 Å². The molecule has 0 amide bonds. The first-order valence-electron chi connectivity index (χ1n) is 6.94. The van der Waals surface area contributed by atoms with Crippen molar-refractivity contribution in [3.8, 4) is 0 Å². The van der Waals surface area contributed by atoms with E-state index in [-0.39, 0.29) is 28.5 Å². The monoisotopic (exact) mass is 256 g/mol. The lowest BCUT2D eigenvalue weighted by molar-refractivity contribution is -0.157. The Balaban J connectivity index is 1.94. The number of hydrogen-bond acceptors (Lipinski definition) is 3. The van der Waals surface area contributed by atoms with Crippen molar-refractivity contribution in [2.24, 2.45) is 16.7 Å². The fourth-order valence-corrected chi connectivity index (χ4v) is 4.27. The van der Waals surface area contributed by atoms with Crippen LogP contribution in [0.25, 0.3) is 0 Å². The molecule has 19 heavy (non-hydrogen) atoms. The van der Waals surface area contributed by atoms with E-state index in [0.29, 0.717) is 13.0 Å². The molecular formula is C16H16O3. The van der Waals surface area contributed by atoms with Crippen molar-refractivity contribution >= 4 is 11.8 Å². The van der Waals surface area contributed by atoms with Crippen LogP contribution < -0.4 is 0 Å². The normalized spacial score (nSPS) is 38.1. The highest BCUT2D eigenvalue weighted by molar-refractivity contribution is 5.98. The summed E-state index contributed by atoms with van der Waals surface area (Å²) in [4.78, 5) is 24.3. The molecule has 3 heteroatoms. The summed E-state index contributed by atoms with van der Waals surface area (Å²) in [6.45, 7) is 0.369. The molecule has 0 aromatic heterocycles. The maximum atomic E-state index is 12.2. The average Bonchev–Trinajstić information content (AvgIpc) is 2.45. The molecule has 98 valence electrons. The van der Waals surface area contributed by atoms with Crippen molar-refractivity contribution in [1.29, 1.82) is 0 Å². The molecule has 3 nitrogen and oxygen atoms in total. The molecule has 0 radical (unpaired) electrons. The zero-order chi connectivity index (χ0) is 13.1. The van der Waals surface area contributed by atoms with Crippen molar-refractivity contribution in [3.05, 3.63) is 36.0 Å². The molecule has 5 aliphatic rings. The summed E-state index contributed by atoms with van der Waals surface area (Å²) >= 11 is 0. The van der Waals surface area contributed by atoms with Gasteiger partial charge in [0.15, 0.2) is 0 Å². The Morgan fingerprint density at radius 1 is 1.21 bits per heavy atom. The van der Waals surface area contributed by atoms with Crippen LogP contribution in [0.5, 0.6) is 0 Å². The van der Waals surface area contributed by atoms with E-state index in [2.05, 4.69) is 24.3 Å². The maximum absolute atomic E-state index is 12.2. The number of carbonyl (C=O) groups is 2. The Bertz CT molecular complexity index is 555. The lowest BCUT2D eigenvalue weighted by Gasteiger charge is -2.56. The molecule has 0 N–H and O–H groups in total. The van der Waals surface area contributed by atoms with Crippen molar-refractivity contribution in [2.45, 2.75) is 25.7 Å². The Morgan fingerprint density at radius 3 is 2.74 bits per heavy atom. The molecule has 0 aromatic carbocycles. The second kappa shape index (κ2) is 3.47. The van der Waals surface area contributed by atoms with Gasteiger partial charge in [0.05, 0.1) is 5.41 Å². The van der Waals surface area contributed by atoms with Gasteiger partial charge in [-0.15, -0.1) is 0 Å². The summed E-state index contributed by atoms with van der Waals surface area (Å²) in [5.74, 6) is 0.0165. The van der Waals surface area contributed by atoms with Gasteiger partial charge in [0.25, 0.3) is 0 Å². The first-order chi connectivity index (χ1) is 9.17. The lowest BCUT2D eigenvalue weighted by atomic mass is 9.48. The molecule has 2 unspecified atom stereocenters. The van der Waals surface area contributed by atoms with Gasteiger partial charge in [-0.25, -0.2) is 4.79 Å². The van der Waals surface area contributed by atoms with Gasteiger partial charge in [-0.3, -0.25) is 4.79 Å². The van der Waals surface area contributed by atoms with E-state index in [1.807, 2.05) is 6.08 Å². The quantitative estimate of drug-likeness (QED) is 0.493. The third-order valence-corrected chi connectivity index (χ3v) is 5.31.